The number of amides is 2. The van der Waals surface area contributed by atoms with E-state index in [4.69, 9.17) is 0 Å². The predicted octanol–water partition coefficient (Wildman–Crippen LogP) is 1.10. The molecule has 0 fully saturated rings. The second kappa shape index (κ2) is 4.69. The van der Waals surface area contributed by atoms with Gasteiger partial charge in [-0.1, -0.05) is 30.3 Å². The lowest BCUT2D eigenvalue weighted by Gasteiger charge is -2.24. The number of nitrogens with one attached hydrogen (secondary N) is 2. The number of esters is 1. The minimum Gasteiger partial charge on any atom is -0.466 e. The molecule has 0 aliphatic carbocycles. The van der Waals surface area contributed by atoms with Crippen molar-refractivity contribution in [2.24, 2.45) is 0 Å². The van der Waals surface area contributed by atoms with Crippen LogP contribution in [0.4, 0.5) is 4.79 Å². The Balaban J connectivity index is 2.36. The highest BCUT2D eigenvalue weighted by Gasteiger charge is 2.28. The maximum Gasteiger partial charge on any atom is 0.337 e. The molecule has 1 heterocycles. The van der Waals surface area contributed by atoms with Crippen LogP contribution in [-0.4, -0.2) is 19.1 Å². The third-order valence-corrected chi connectivity index (χ3v) is 2.50. The zero-order valence-electron chi connectivity index (χ0n) is 9.27. The summed E-state index contributed by atoms with van der Waals surface area (Å²) in [7, 11) is 1.31. The molecule has 5 heteroatoms. The second-order valence-electron chi connectivity index (χ2n) is 3.55. The van der Waals surface area contributed by atoms with Crippen LogP contribution in [0.3, 0.4) is 0 Å². The van der Waals surface area contributed by atoms with Gasteiger partial charge in [0.1, 0.15) is 0 Å². The second-order valence-corrected chi connectivity index (χ2v) is 3.55. The van der Waals surface area contributed by atoms with Gasteiger partial charge in [0.05, 0.1) is 18.7 Å². The molecule has 1 aliphatic heterocycles. The predicted molar refractivity (Wildman–Crippen MR) is 60.9 cm³/mol. The monoisotopic (exact) mass is 232 g/mol. The summed E-state index contributed by atoms with van der Waals surface area (Å²) in [6, 6.07) is 8.43. The maximum atomic E-state index is 11.6. The SMILES string of the molecule is COC(=O)C1=CNC(=O)NC1c1ccccc1. The van der Waals surface area contributed by atoms with Crippen molar-refractivity contribution < 1.29 is 14.3 Å². The van der Waals surface area contributed by atoms with Gasteiger partial charge >= 0.3 is 12.0 Å². The molecule has 1 aliphatic rings. The molecule has 1 aromatic rings. The Bertz CT molecular complexity index is 468. The minimum atomic E-state index is -0.475. The van der Waals surface area contributed by atoms with Gasteiger partial charge in [0, 0.05) is 6.20 Å². The Morgan fingerprint density at radius 3 is 2.65 bits per heavy atom. The summed E-state index contributed by atoms with van der Waals surface area (Å²) in [5, 5.41) is 5.11. The maximum absolute atomic E-state index is 11.6. The highest BCUT2D eigenvalue weighted by molar-refractivity contribution is 5.93. The smallest absolute Gasteiger partial charge is 0.337 e. The summed E-state index contributed by atoms with van der Waals surface area (Å²) in [5.41, 5.74) is 1.21. The number of carbonyl (C=O) groups excluding carboxylic acids is 2. The Hall–Kier alpha value is -2.30. The van der Waals surface area contributed by atoms with Crippen LogP contribution < -0.4 is 10.6 Å². The van der Waals surface area contributed by atoms with Crippen molar-refractivity contribution in [2.75, 3.05) is 7.11 Å². The number of rotatable bonds is 2. The number of carbonyl (C=O) groups is 2. The van der Waals surface area contributed by atoms with Gasteiger partial charge in [-0.2, -0.15) is 0 Å². The van der Waals surface area contributed by atoms with Crippen molar-refractivity contribution in [3.8, 4) is 0 Å². The van der Waals surface area contributed by atoms with Gasteiger partial charge in [0.15, 0.2) is 0 Å². The summed E-state index contributed by atoms with van der Waals surface area (Å²) in [6.45, 7) is 0. The van der Waals surface area contributed by atoms with Crippen LogP contribution in [0.15, 0.2) is 42.1 Å². The number of hydrogen-bond donors (Lipinski definition) is 2. The Morgan fingerprint density at radius 2 is 2.00 bits per heavy atom. The molecule has 0 saturated heterocycles. The molecule has 2 rings (SSSR count). The van der Waals surface area contributed by atoms with E-state index in [-0.39, 0.29) is 6.03 Å². The first kappa shape index (κ1) is 11.2. The van der Waals surface area contributed by atoms with Gasteiger partial charge in [-0.3, -0.25) is 0 Å². The van der Waals surface area contributed by atoms with Crippen LogP contribution in [-0.2, 0) is 9.53 Å². The van der Waals surface area contributed by atoms with E-state index >= 15 is 0 Å². The lowest BCUT2D eigenvalue weighted by Crippen LogP contribution is -2.42. The quantitative estimate of drug-likeness (QED) is 0.750. The van der Waals surface area contributed by atoms with E-state index in [9.17, 15) is 9.59 Å². The Labute approximate surface area is 98.5 Å². The Morgan fingerprint density at radius 1 is 1.29 bits per heavy atom. The van der Waals surface area contributed by atoms with Crippen LogP contribution >= 0.6 is 0 Å². The van der Waals surface area contributed by atoms with Crippen molar-refractivity contribution in [3.63, 3.8) is 0 Å². The molecule has 0 aromatic heterocycles. The first-order chi connectivity index (χ1) is 8.22. The van der Waals surface area contributed by atoms with Crippen molar-refractivity contribution in [1.82, 2.24) is 10.6 Å². The van der Waals surface area contributed by atoms with Crippen LogP contribution in [0.1, 0.15) is 11.6 Å². The van der Waals surface area contributed by atoms with Crippen LogP contribution in [0.2, 0.25) is 0 Å². The average Bonchev–Trinajstić information content (AvgIpc) is 2.39. The fraction of sp³-hybridized carbons (Fsp3) is 0.167. The molecule has 1 aromatic carbocycles. The Kier molecular flexibility index (Phi) is 3.09. The normalized spacial score (nSPS) is 18.8. The lowest BCUT2D eigenvalue weighted by molar-refractivity contribution is -0.136. The molecule has 2 N–H and O–H groups in total. The highest BCUT2D eigenvalue weighted by atomic mass is 16.5. The molecule has 0 saturated carbocycles. The number of benzene rings is 1. The lowest BCUT2D eigenvalue weighted by atomic mass is 9.98. The standard InChI is InChI=1S/C12H12N2O3/c1-17-11(15)9-7-13-12(16)14-10(9)8-5-3-2-4-6-8/h2-7,10H,1H3,(H2,13,14,16). The van der Waals surface area contributed by atoms with E-state index in [1.54, 1.807) is 0 Å². The van der Waals surface area contributed by atoms with Gasteiger partial charge in [-0.25, -0.2) is 9.59 Å². The summed E-state index contributed by atoms with van der Waals surface area (Å²) >= 11 is 0. The van der Waals surface area contributed by atoms with Gasteiger partial charge in [0.25, 0.3) is 0 Å². The molecular formula is C12H12N2O3. The molecule has 2 amide bonds. The van der Waals surface area contributed by atoms with Gasteiger partial charge < -0.3 is 15.4 Å². The van der Waals surface area contributed by atoms with Gasteiger partial charge in [-0.05, 0) is 5.56 Å². The number of ether oxygens (including phenoxy) is 1. The van der Waals surface area contributed by atoms with Gasteiger partial charge in [-0.15, -0.1) is 0 Å². The summed E-state index contributed by atoms with van der Waals surface area (Å²) in [5.74, 6) is -0.466. The fourth-order valence-electron chi connectivity index (χ4n) is 1.68. The van der Waals surface area contributed by atoms with E-state index in [1.807, 2.05) is 30.3 Å². The highest BCUT2D eigenvalue weighted by Crippen LogP contribution is 2.23. The van der Waals surface area contributed by atoms with Gasteiger partial charge in [0.2, 0.25) is 0 Å². The molecule has 88 valence electrons. The molecule has 5 nitrogen and oxygen atoms in total. The van der Waals surface area contributed by atoms with Crippen molar-refractivity contribution >= 4 is 12.0 Å². The molecule has 0 spiro atoms. The third kappa shape index (κ3) is 2.28. The first-order valence-corrected chi connectivity index (χ1v) is 5.12. The zero-order chi connectivity index (χ0) is 12.3. The van der Waals surface area contributed by atoms with Crippen molar-refractivity contribution in [3.05, 3.63) is 47.7 Å². The molecule has 1 unspecified atom stereocenters. The number of urea groups is 1. The van der Waals surface area contributed by atoms with Crippen LogP contribution in [0.5, 0.6) is 0 Å². The van der Waals surface area contributed by atoms with E-state index < -0.39 is 12.0 Å². The molecule has 0 radical (unpaired) electrons. The number of methoxy groups -OCH3 is 1. The molecule has 17 heavy (non-hydrogen) atoms. The van der Waals surface area contributed by atoms with Crippen molar-refractivity contribution in [1.29, 1.82) is 0 Å². The topological polar surface area (TPSA) is 67.4 Å². The van der Waals surface area contributed by atoms with E-state index in [1.165, 1.54) is 13.3 Å². The van der Waals surface area contributed by atoms with Crippen LogP contribution in [0.25, 0.3) is 0 Å². The molecular weight excluding hydrogens is 220 g/mol. The third-order valence-electron chi connectivity index (χ3n) is 2.50. The summed E-state index contributed by atoms with van der Waals surface area (Å²) < 4.78 is 4.68. The summed E-state index contributed by atoms with van der Waals surface area (Å²) in [6.07, 6.45) is 1.38. The van der Waals surface area contributed by atoms with E-state index in [0.717, 1.165) is 5.56 Å². The first-order valence-electron chi connectivity index (χ1n) is 5.12. The average molecular weight is 232 g/mol. The number of hydrogen-bond acceptors (Lipinski definition) is 3. The van der Waals surface area contributed by atoms with E-state index in [0.29, 0.717) is 5.57 Å². The molecule has 0 bridgehead atoms. The fourth-order valence-corrected chi connectivity index (χ4v) is 1.68. The van der Waals surface area contributed by atoms with E-state index in [2.05, 4.69) is 15.4 Å². The molecule has 1 atom stereocenters. The minimum absolute atomic E-state index is 0.341. The van der Waals surface area contributed by atoms with Crippen molar-refractivity contribution in [2.45, 2.75) is 6.04 Å². The van der Waals surface area contributed by atoms with Crippen LogP contribution in [0, 0.1) is 0 Å². The summed E-state index contributed by atoms with van der Waals surface area (Å²) in [4.78, 5) is 22.9. The zero-order valence-corrected chi connectivity index (χ0v) is 9.27. The largest absolute Gasteiger partial charge is 0.466 e.